The molecule has 0 aliphatic rings. The maximum atomic E-state index is 13.0. The Morgan fingerprint density at radius 2 is 1.70 bits per heavy atom. The van der Waals surface area contributed by atoms with Crippen LogP contribution >= 0.6 is 0 Å². The van der Waals surface area contributed by atoms with Crippen molar-refractivity contribution < 1.29 is 22.7 Å². The van der Waals surface area contributed by atoms with E-state index < -0.39 is 28.0 Å². The van der Waals surface area contributed by atoms with E-state index >= 15 is 0 Å². The molecule has 8 heteroatoms. The van der Waals surface area contributed by atoms with Crippen LogP contribution in [-0.2, 0) is 21.2 Å². The van der Waals surface area contributed by atoms with Crippen molar-refractivity contribution in [2.24, 2.45) is 0 Å². The molecule has 2 aromatic carbocycles. The molecule has 2 rings (SSSR count). The number of ether oxygens (including phenoxy) is 2. The topological polar surface area (TPSA) is 84.9 Å². The molecule has 0 spiro atoms. The average Bonchev–Trinajstić information content (AvgIpc) is 2.72. The van der Waals surface area contributed by atoms with Crippen molar-refractivity contribution in [3.05, 3.63) is 53.6 Å². The van der Waals surface area contributed by atoms with Crippen LogP contribution in [0.5, 0.6) is 11.5 Å². The van der Waals surface area contributed by atoms with Crippen molar-refractivity contribution >= 4 is 21.6 Å². The third-order valence-corrected chi connectivity index (χ3v) is 6.19. The molecule has 0 saturated heterocycles. The number of aryl methyl sites for hydroxylation is 1. The highest BCUT2D eigenvalue weighted by molar-refractivity contribution is 7.92. The first-order chi connectivity index (χ1) is 14.1. The maximum Gasteiger partial charge on any atom is 0.244 e. The third-order valence-electron chi connectivity index (χ3n) is 4.95. The number of nitrogens with one attached hydrogen (secondary N) is 1. The van der Waals surface area contributed by atoms with Gasteiger partial charge in [-0.15, -0.1) is 0 Å². The molecule has 1 amide bonds. The van der Waals surface area contributed by atoms with Crippen molar-refractivity contribution in [3.63, 3.8) is 0 Å². The lowest BCUT2D eigenvalue weighted by Crippen LogP contribution is -2.48. The Morgan fingerprint density at radius 1 is 1.07 bits per heavy atom. The zero-order chi connectivity index (χ0) is 22.5. The first-order valence-electron chi connectivity index (χ1n) is 9.73. The molecule has 30 heavy (non-hydrogen) atoms. The molecule has 2 aromatic rings. The molecular formula is C22H30N2O5S. The predicted molar refractivity (Wildman–Crippen MR) is 119 cm³/mol. The summed E-state index contributed by atoms with van der Waals surface area (Å²) in [5.41, 5.74) is 2.27. The van der Waals surface area contributed by atoms with Gasteiger partial charge in [0.15, 0.2) is 0 Å². The van der Waals surface area contributed by atoms with Crippen LogP contribution in [0.3, 0.4) is 0 Å². The lowest BCUT2D eigenvalue weighted by atomic mass is 10.1. The number of nitrogens with zero attached hydrogens (tertiary/aromatic N) is 1. The van der Waals surface area contributed by atoms with Crippen molar-refractivity contribution in [1.82, 2.24) is 5.32 Å². The largest absolute Gasteiger partial charge is 0.497 e. The zero-order valence-electron chi connectivity index (χ0n) is 18.3. The van der Waals surface area contributed by atoms with Gasteiger partial charge in [-0.25, -0.2) is 8.42 Å². The van der Waals surface area contributed by atoms with Crippen LogP contribution in [0.25, 0.3) is 0 Å². The van der Waals surface area contributed by atoms with E-state index in [-0.39, 0.29) is 0 Å². The zero-order valence-corrected chi connectivity index (χ0v) is 19.1. The predicted octanol–water partition coefficient (Wildman–Crippen LogP) is 3.30. The lowest BCUT2D eigenvalue weighted by molar-refractivity contribution is -0.122. The molecule has 0 bridgehead atoms. The molecule has 0 fully saturated rings. The number of anilines is 1. The van der Waals surface area contributed by atoms with Gasteiger partial charge in [-0.2, -0.15) is 0 Å². The number of hydrogen-bond donors (Lipinski definition) is 1. The van der Waals surface area contributed by atoms with Crippen LogP contribution in [-0.4, -0.2) is 40.8 Å². The lowest BCUT2D eigenvalue weighted by Gasteiger charge is -2.29. The Labute approximate surface area is 179 Å². The van der Waals surface area contributed by atoms with E-state index in [1.807, 2.05) is 26.0 Å². The number of benzene rings is 2. The Balaban J connectivity index is 2.29. The summed E-state index contributed by atoms with van der Waals surface area (Å²) in [4.78, 5) is 13.0. The normalized spacial score (nSPS) is 13.3. The molecule has 0 aliphatic carbocycles. The van der Waals surface area contributed by atoms with Crippen LogP contribution in [0.1, 0.15) is 37.9 Å². The molecule has 164 valence electrons. The van der Waals surface area contributed by atoms with E-state index in [0.717, 1.165) is 28.1 Å². The monoisotopic (exact) mass is 434 g/mol. The Bertz CT molecular complexity index is 974. The minimum absolute atomic E-state index is 0.419. The van der Waals surface area contributed by atoms with Crippen LogP contribution in [0.15, 0.2) is 42.5 Å². The molecule has 0 heterocycles. The van der Waals surface area contributed by atoms with Gasteiger partial charge in [0.25, 0.3) is 0 Å². The Hall–Kier alpha value is -2.74. The number of hydrogen-bond acceptors (Lipinski definition) is 5. The van der Waals surface area contributed by atoms with E-state index in [2.05, 4.69) is 5.32 Å². The summed E-state index contributed by atoms with van der Waals surface area (Å²) in [6.45, 7) is 5.40. The van der Waals surface area contributed by atoms with Crippen molar-refractivity contribution in [1.29, 1.82) is 0 Å². The quantitative estimate of drug-likeness (QED) is 0.655. The van der Waals surface area contributed by atoms with Gasteiger partial charge in [-0.1, -0.05) is 19.1 Å². The molecule has 7 nitrogen and oxygen atoms in total. The standard InChI is InChI=1S/C22H30N2O5S/c1-7-17-8-10-18(11-9-17)24(30(6,26)27)16(3)22(25)23-15(2)20-14-19(28-4)12-13-21(20)29-5/h8-16H,7H2,1-6H3,(H,23,25)/t15-,16-/m1/s1. The summed E-state index contributed by atoms with van der Waals surface area (Å²) >= 11 is 0. The van der Waals surface area contributed by atoms with Gasteiger partial charge in [-0.3, -0.25) is 9.10 Å². The fourth-order valence-electron chi connectivity index (χ4n) is 3.28. The highest BCUT2D eigenvalue weighted by Crippen LogP contribution is 2.29. The molecule has 1 N–H and O–H groups in total. The fourth-order valence-corrected chi connectivity index (χ4v) is 4.45. The minimum Gasteiger partial charge on any atom is -0.497 e. The van der Waals surface area contributed by atoms with Crippen molar-refractivity contribution in [2.75, 3.05) is 24.8 Å². The molecule has 0 radical (unpaired) electrons. The van der Waals surface area contributed by atoms with E-state index in [4.69, 9.17) is 9.47 Å². The molecule has 0 aromatic heterocycles. The Morgan fingerprint density at radius 3 is 2.20 bits per heavy atom. The highest BCUT2D eigenvalue weighted by Gasteiger charge is 2.30. The second-order valence-electron chi connectivity index (χ2n) is 7.09. The number of rotatable bonds is 9. The summed E-state index contributed by atoms with van der Waals surface area (Å²) < 4.78 is 36.7. The Kier molecular flexibility index (Phi) is 7.72. The summed E-state index contributed by atoms with van der Waals surface area (Å²) in [6.07, 6.45) is 1.94. The van der Waals surface area contributed by atoms with Gasteiger partial charge < -0.3 is 14.8 Å². The number of carbonyl (C=O) groups is 1. The van der Waals surface area contributed by atoms with Gasteiger partial charge in [0.2, 0.25) is 15.9 Å². The number of amides is 1. The van der Waals surface area contributed by atoms with E-state index in [0.29, 0.717) is 17.2 Å². The van der Waals surface area contributed by atoms with Gasteiger partial charge in [0, 0.05) is 5.56 Å². The second kappa shape index (κ2) is 9.84. The number of carbonyl (C=O) groups excluding carboxylic acids is 1. The summed E-state index contributed by atoms with van der Waals surface area (Å²) in [7, 11) is -0.568. The summed E-state index contributed by atoms with van der Waals surface area (Å²) in [5.74, 6) is 0.817. The molecule has 2 atom stereocenters. The maximum absolute atomic E-state index is 13.0. The minimum atomic E-state index is -3.68. The van der Waals surface area contributed by atoms with Crippen molar-refractivity contribution in [3.8, 4) is 11.5 Å². The van der Waals surface area contributed by atoms with Crippen LogP contribution in [0.2, 0.25) is 0 Å². The SMILES string of the molecule is CCc1ccc(N([C@H](C)C(=O)N[C@H](C)c2cc(OC)ccc2OC)S(C)(=O)=O)cc1. The first-order valence-corrected chi connectivity index (χ1v) is 11.6. The second-order valence-corrected chi connectivity index (χ2v) is 8.95. The van der Waals surface area contributed by atoms with E-state index in [1.54, 1.807) is 51.5 Å². The van der Waals surface area contributed by atoms with E-state index in [9.17, 15) is 13.2 Å². The fraction of sp³-hybridized carbons (Fsp3) is 0.409. The number of sulfonamides is 1. The smallest absolute Gasteiger partial charge is 0.244 e. The van der Waals surface area contributed by atoms with Gasteiger partial charge in [-0.05, 0) is 56.2 Å². The number of methoxy groups -OCH3 is 2. The molecular weight excluding hydrogens is 404 g/mol. The van der Waals surface area contributed by atoms with Gasteiger partial charge in [0.1, 0.15) is 17.5 Å². The highest BCUT2D eigenvalue weighted by atomic mass is 32.2. The van der Waals surface area contributed by atoms with Crippen LogP contribution in [0, 0.1) is 0 Å². The average molecular weight is 435 g/mol. The summed E-state index contributed by atoms with van der Waals surface area (Å²) in [6, 6.07) is 11.1. The van der Waals surface area contributed by atoms with Crippen molar-refractivity contribution in [2.45, 2.75) is 39.3 Å². The van der Waals surface area contributed by atoms with E-state index in [1.165, 1.54) is 0 Å². The van der Waals surface area contributed by atoms with Crippen LogP contribution < -0.4 is 19.1 Å². The third kappa shape index (κ3) is 5.44. The molecule has 0 saturated carbocycles. The summed E-state index contributed by atoms with van der Waals surface area (Å²) in [5, 5.41) is 2.89. The molecule has 0 aliphatic heterocycles. The molecule has 0 unspecified atom stereocenters. The van der Waals surface area contributed by atoms with Gasteiger partial charge >= 0.3 is 0 Å². The first kappa shape index (κ1) is 23.5. The van der Waals surface area contributed by atoms with Crippen LogP contribution in [0.4, 0.5) is 5.69 Å². The van der Waals surface area contributed by atoms with Gasteiger partial charge in [0.05, 0.1) is 32.2 Å².